The highest BCUT2D eigenvalue weighted by Gasteiger charge is 2.34. The summed E-state index contributed by atoms with van der Waals surface area (Å²) >= 11 is 0. The Morgan fingerprint density at radius 2 is 2.05 bits per heavy atom. The maximum absolute atomic E-state index is 12.4. The second kappa shape index (κ2) is 5.55. The van der Waals surface area contributed by atoms with Crippen LogP contribution in [0.5, 0.6) is 0 Å². The third-order valence-electron chi connectivity index (χ3n) is 3.46. The Morgan fingerprint density at radius 1 is 1.32 bits per heavy atom. The van der Waals surface area contributed by atoms with Gasteiger partial charge in [-0.3, -0.25) is 9.59 Å². The van der Waals surface area contributed by atoms with Gasteiger partial charge in [0.25, 0.3) is 5.91 Å². The molecule has 0 saturated carbocycles. The van der Waals surface area contributed by atoms with Gasteiger partial charge in [-0.15, -0.1) is 0 Å². The molecular formula is C16H15N3O3. The summed E-state index contributed by atoms with van der Waals surface area (Å²) in [5, 5.41) is 4.25. The zero-order valence-electron chi connectivity index (χ0n) is 12.3. The molecule has 0 saturated heterocycles. The number of carbonyl (C=O) groups is 2. The molecule has 1 aliphatic heterocycles. The van der Waals surface area contributed by atoms with E-state index >= 15 is 0 Å². The van der Waals surface area contributed by atoms with Gasteiger partial charge in [-0.2, -0.15) is 9.78 Å². The minimum absolute atomic E-state index is 0.219. The first-order chi connectivity index (χ1) is 10.6. The van der Waals surface area contributed by atoms with Crippen molar-refractivity contribution in [2.24, 2.45) is 10.9 Å². The van der Waals surface area contributed by atoms with Gasteiger partial charge in [-0.05, 0) is 19.4 Å². The van der Waals surface area contributed by atoms with Crippen molar-refractivity contribution in [3.63, 3.8) is 0 Å². The van der Waals surface area contributed by atoms with Crippen molar-refractivity contribution < 1.29 is 14.3 Å². The maximum Gasteiger partial charge on any atom is 0.324 e. The van der Waals surface area contributed by atoms with Crippen LogP contribution in [0.15, 0.2) is 35.3 Å². The summed E-state index contributed by atoms with van der Waals surface area (Å²) in [4.78, 5) is 28.5. The average molecular weight is 297 g/mol. The second-order valence-electron chi connectivity index (χ2n) is 4.91. The van der Waals surface area contributed by atoms with Crippen LogP contribution in [0.1, 0.15) is 17.4 Å². The number of aliphatic imine (C=N–C) groups is 1. The topological polar surface area (TPSA) is 73.5 Å². The summed E-state index contributed by atoms with van der Waals surface area (Å²) in [7, 11) is 0. The molecule has 0 aliphatic carbocycles. The van der Waals surface area contributed by atoms with E-state index in [-0.39, 0.29) is 6.61 Å². The van der Waals surface area contributed by atoms with Crippen LogP contribution in [0.3, 0.4) is 0 Å². The Bertz CT molecular complexity index is 762. The Labute approximate surface area is 127 Å². The lowest BCUT2D eigenvalue weighted by Crippen LogP contribution is -2.34. The van der Waals surface area contributed by atoms with E-state index in [2.05, 4.69) is 10.1 Å². The number of aryl methyl sites for hydroxylation is 1. The molecule has 1 atom stereocenters. The first kappa shape index (κ1) is 14.2. The second-order valence-corrected chi connectivity index (χ2v) is 4.91. The molecule has 1 unspecified atom stereocenters. The molecule has 0 bridgehead atoms. The van der Waals surface area contributed by atoms with Crippen molar-refractivity contribution in [3.05, 3.63) is 36.0 Å². The Kier molecular flexibility index (Phi) is 3.58. The predicted octanol–water partition coefficient (Wildman–Crippen LogP) is 2.39. The lowest BCUT2D eigenvalue weighted by Gasteiger charge is -2.15. The monoisotopic (exact) mass is 297 g/mol. The van der Waals surface area contributed by atoms with Gasteiger partial charge in [-0.1, -0.05) is 30.3 Å². The number of aromatic nitrogens is 2. The standard InChI is InChI=1S/C16H15N3O3/c1-3-22-16(21)12-9-17-14-13(11-7-5-4-6-8-11)10(2)18-19(14)15(12)20/h4-9,12H,3H2,1-2H3. The molecule has 1 aromatic heterocycles. The van der Waals surface area contributed by atoms with Gasteiger partial charge in [0.05, 0.1) is 12.3 Å². The van der Waals surface area contributed by atoms with Crippen molar-refractivity contribution in [2.45, 2.75) is 13.8 Å². The van der Waals surface area contributed by atoms with Crippen LogP contribution in [0, 0.1) is 12.8 Å². The Morgan fingerprint density at radius 3 is 2.73 bits per heavy atom. The Hall–Kier alpha value is -2.76. The number of fused-ring (bicyclic) bond motifs is 1. The number of nitrogens with zero attached hydrogens (tertiary/aromatic N) is 3. The highest BCUT2D eigenvalue weighted by molar-refractivity contribution is 6.15. The summed E-state index contributed by atoms with van der Waals surface area (Å²) < 4.78 is 6.09. The maximum atomic E-state index is 12.4. The molecule has 2 aromatic rings. The van der Waals surface area contributed by atoms with Crippen molar-refractivity contribution in [1.29, 1.82) is 0 Å². The Balaban J connectivity index is 2.05. The highest BCUT2D eigenvalue weighted by atomic mass is 16.5. The summed E-state index contributed by atoms with van der Waals surface area (Å²) in [5.41, 5.74) is 2.42. The van der Waals surface area contributed by atoms with E-state index in [0.29, 0.717) is 11.5 Å². The molecule has 112 valence electrons. The lowest BCUT2D eigenvalue weighted by molar-refractivity contribution is -0.144. The summed E-state index contributed by atoms with van der Waals surface area (Å²) in [6, 6.07) is 9.60. The first-order valence-corrected chi connectivity index (χ1v) is 7.03. The quantitative estimate of drug-likeness (QED) is 0.644. The number of rotatable bonds is 3. The molecule has 6 heteroatoms. The molecule has 0 amide bonds. The molecule has 6 nitrogen and oxygen atoms in total. The van der Waals surface area contributed by atoms with E-state index in [0.717, 1.165) is 11.1 Å². The van der Waals surface area contributed by atoms with Gasteiger partial charge in [-0.25, -0.2) is 4.99 Å². The van der Waals surface area contributed by atoms with Crippen LogP contribution in [-0.4, -0.2) is 34.5 Å². The number of hydrogen-bond donors (Lipinski definition) is 0. The van der Waals surface area contributed by atoms with Crippen molar-refractivity contribution in [2.75, 3.05) is 6.61 Å². The van der Waals surface area contributed by atoms with Gasteiger partial charge in [0.15, 0.2) is 11.7 Å². The van der Waals surface area contributed by atoms with Gasteiger partial charge >= 0.3 is 5.97 Å². The number of esters is 1. The smallest absolute Gasteiger partial charge is 0.324 e. The van der Waals surface area contributed by atoms with Crippen molar-refractivity contribution in [1.82, 2.24) is 9.78 Å². The molecule has 0 fully saturated rings. The van der Waals surface area contributed by atoms with Gasteiger partial charge < -0.3 is 4.74 Å². The van der Waals surface area contributed by atoms with Gasteiger partial charge in [0, 0.05) is 11.8 Å². The SMILES string of the molecule is CCOC(=O)C1C=Nc2c(-c3ccccc3)c(C)nn2C1=O. The van der Waals surface area contributed by atoms with Crippen molar-refractivity contribution >= 4 is 23.9 Å². The van der Waals surface area contributed by atoms with Crippen LogP contribution >= 0.6 is 0 Å². The van der Waals surface area contributed by atoms with Crippen LogP contribution in [0.2, 0.25) is 0 Å². The number of carbonyl (C=O) groups excluding carboxylic acids is 2. The number of benzene rings is 1. The van der Waals surface area contributed by atoms with Gasteiger partial charge in [0.2, 0.25) is 0 Å². The fraction of sp³-hybridized carbons (Fsp3) is 0.250. The molecule has 1 aromatic carbocycles. The molecule has 0 N–H and O–H groups in total. The normalized spacial score (nSPS) is 16.5. The summed E-state index contributed by atoms with van der Waals surface area (Å²) in [6.45, 7) is 3.73. The van der Waals surface area contributed by atoms with E-state index in [9.17, 15) is 9.59 Å². The zero-order chi connectivity index (χ0) is 15.7. The first-order valence-electron chi connectivity index (χ1n) is 7.03. The summed E-state index contributed by atoms with van der Waals surface area (Å²) in [6.07, 6.45) is 1.34. The number of ether oxygens (including phenoxy) is 1. The third-order valence-corrected chi connectivity index (χ3v) is 3.46. The zero-order valence-corrected chi connectivity index (χ0v) is 12.3. The molecule has 22 heavy (non-hydrogen) atoms. The summed E-state index contributed by atoms with van der Waals surface area (Å²) in [5.74, 6) is -1.62. The molecule has 2 heterocycles. The molecular weight excluding hydrogens is 282 g/mol. The van der Waals surface area contributed by atoms with Crippen LogP contribution in [0.25, 0.3) is 11.1 Å². The largest absolute Gasteiger partial charge is 0.465 e. The van der Waals surface area contributed by atoms with Crippen molar-refractivity contribution in [3.8, 4) is 11.1 Å². The lowest BCUT2D eigenvalue weighted by atomic mass is 10.0. The average Bonchev–Trinajstić information content (AvgIpc) is 2.86. The van der Waals surface area contributed by atoms with E-state index in [1.165, 1.54) is 10.9 Å². The third kappa shape index (κ3) is 2.22. The highest BCUT2D eigenvalue weighted by Crippen LogP contribution is 2.35. The van der Waals surface area contributed by atoms with Crippen LogP contribution < -0.4 is 0 Å². The molecule has 1 aliphatic rings. The fourth-order valence-electron chi connectivity index (χ4n) is 2.47. The minimum Gasteiger partial charge on any atom is -0.465 e. The van der Waals surface area contributed by atoms with Crippen LogP contribution in [-0.2, 0) is 9.53 Å². The molecule has 0 radical (unpaired) electrons. The molecule has 3 rings (SSSR count). The minimum atomic E-state index is -1.03. The van der Waals surface area contributed by atoms with E-state index in [1.807, 2.05) is 37.3 Å². The van der Waals surface area contributed by atoms with E-state index in [1.54, 1.807) is 6.92 Å². The van der Waals surface area contributed by atoms with E-state index in [4.69, 9.17) is 4.74 Å². The van der Waals surface area contributed by atoms with E-state index < -0.39 is 17.8 Å². The fourth-order valence-corrected chi connectivity index (χ4v) is 2.47. The van der Waals surface area contributed by atoms with Gasteiger partial charge in [0.1, 0.15) is 0 Å². The predicted molar refractivity (Wildman–Crippen MR) is 81.3 cm³/mol. The molecule has 0 spiro atoms. The number of hydrogen-bond acceptors (Lipinski definition) is 5. The van der Waals surface area contributed by atoms with Crippen LogP contribution in [0.4, 0.5) is 5.82 Å².